The lowest BCUT2D eigenvalue weighted by Crippen LogP contribution is -2.25. The summed E-state index contributed by atoms with van der Waals surface area (Å²) in [4.78, 5) is 12.3. The first-order valence-electron chi connectivity index (χ1n) is 5.92. The van der Waals surface area contributed by atoms with Gasteiger partial charge in [0.15, 0.2) is 0 Å². The smallest absolute Gasteiger partial charge is 0.312 e. The predicted molar refractivity (Wildman–Crippen MR) is 78.4 cm³/mol. The normalized spacial score (nSPS) is 13.5. The van der Waals surface area contributed by atoms with Crippen molar-refractivity contribution in [3.8, 4) is 0 Å². The number of carboxylic acid groups (broad SMARTS) is 1. The highest BCUT2D eigenvalue weighted by atomic mass is 32.1. The van der Waals surface area contributed by atoms with Gasteiger partial charge in [-0.15, -0.1) is 17.9 Å². The lowest BCUT2D eigenvalue weighted by Gasteiger charge is -2.23. The first kappa shape index (κ1) is 13.4. The molecule has 2 N–H and O–H groups in total. The molecule has 2 atom stereocenters. The zero-order valence-electron chi connectivity index (χ0n) is 10.3. The van der Waals surface area contributed by atoms with Gasteiger partial charge in [0.25, 0.3) is 0 Å². The van der Waals surface area contributed by atoms with E-state index in [9.17, 15) is 9.90 Å². The van der Waals surface area contributed by atoms with Crippen molar-refractivity contribution in [2.75, 3.05) is 5.32 Å². The highest BCUT2D eigenvalue weighted by molar-refractivity contribution is 7.10. The fourth-order valence-corrected chi connectivity index (χ4v) is 2.72. The number of carboxylic acids is 1. The summed E-state index contributed by atoms with van der Waals surface area (Å²) in [6, 6.07) is 13.1. The number of hydrogen-bond acceptors (Lipinski definition) is 3. The largest absolute Gasteiger partial charge is 0.481 e. The van der Waals surface area contributed by atoms with Crippen LogP contribution in [0.5, 0.6) is 0 Å². The number of thiophene rings is 1. The second-order valence-electron chi connectivity index (χ2n) is 4.10. The molecule has 0 radical (unpaired) electrons. The molecule has 0 amide bonds. The maximum absolute atomic E-state index is 11.4. The molecule has 0 aliphatic heterocycles. The van der Waals surface area contributed by atoms with E-state index in [0.29, 0.717) is 0 Å². The lowest BCUT2D eigenvalue weighted by atomic mass is 9.98. The van der Waals surface area contributed by atoms with Gasteiger partial charge in [-0.25, -0.2) is 0 Å². The van der Waals surface area contributed by atoms with Crippen LogP contribution >= 0.6 is 11.3 Å². The van der Waals surface area contributed by atoms with Crippen LogP contribution in [-0.4, -0.2) is 11.1 Å². The van der Waals surface area contributed by atoms with Gasteiger partial charge in [-0.3, -0.25) is 4.79 Å². The van der Waals surface area contributed by atoms with Crippen LogP contribution in [0, 0.1) is 5.92 Å². The monoisotopic (exact) mass is 273 g/mol. The number of carbonyl (C=O) groups is 1. The molecule has 0 fully saturated rings. The molecule has 19 heavy (non-hydrogen) atoms. The van der Waals surface area contributed by atoms with Gasteiger partial charge in [0.05, 0.1) is 12.0 Å². The Bertz CT molecular complexity index is 537. The molecule has 0 aliphatic rings. The van der Waals surface area contributed by atoms with Crippen LogP contribution in [0.3, 0.4) is 0 Å². The van der Waals surface area contributed by atoms with Crippen LogP contribution in [-0.2, 0) is 4.79 Å². The van der Waals surface area contributed by atoms with E-state index in [0.717, 1.165) is 10.6 Å². The van der Waals surface area contributed by atoms with Gasteiger partial charge in [-0.05, 0) is 23.6 Å². The van der Waals surface area contributed by atoms with E-state index >= 15 is 0 Å². The Morgan fingerprint density at radius 3 is 2.53 bits per heavy atom. The van der Waals surface area contributed by atoms with Crippen molar-refractivity contribution in [2.45, 2.75) is 6.04 Å². The van der Waals surface area contributed by atoms with Crippen LogP contribution in [0.4, 0.5) is 5.69 Å². The van der Waals surface area contributed by atoms with Crippen molar-refractivity contribution in [1.29, 1.82) is 0 Å². The topological polar surface area (TPSA) is 49.3 Å². The van der Waals surface area contributed by atoms with Crippen molar-refractivity contribution in [3.63, 3.8) is 0 Å². The minimum Gasteiger partial charge on any atom is -0.481 e. The van der Waals surface area contributed by atoms with Gasteiger partial charge in [0.1, 0.15) is 0 Å². The number of nitrogens with one attached hydrogen (secondary N) is 1. The van der Waals surface area contributed by atoms with Crippen molar-refractivity contribution in [1.82, 2.24) is 0 Å². The molecule has 2 aromatic rings. The van der Waals surface area contributed by atoms with E-state index in [1.807, 2.05) is 47.8 Å². The number of para-hydroxylation sites is 1. The summed E-state index contributed by atoms with van der Waals surface area (Å²) in [6.07, 6.45) is 1.47. The van der Waals surface area contributed by atoms with Crippen molar-refractivity contribution >= 4 is 23.0 Å². The summed E-state index contributed by atoms with van der Waals surface area (Å²) in [6.45, 7) is 3.64. The SMILES string of the molecule is C=CC(C(=O)O)C(Nc1ccccc1)c1cccs1. The Kier molecular flexibility index (Phi) is 4.36. The van der Waals surface area contributed by atoms with E-state index in [4.69, 9.17) is 0 Å². The molecular formula is C15H15NO2S. The summed E-state index contributed by atoms with van der Waals surface area (Å²) >= 11 is 1.54. The Balaban J connectivity index is 2.29. The molecule has 0 saturated carbocycles. The van der Waals surface area contributed by atoms with Crippen molar-refractivity contribution in [2.24, 2.45) is 5.92 Å². The third kappa shape index (κ3) is 3.23. The fraction of sp³-hybridized carbons (Fsp3) is 0.133. The van der Waals surface area contributed by atoms with Gasteiger partial charge in [-0.1, -0.05) is 30.3 Å². The predicted octanol–water partition coefficient (Wildman–Crippen LogP) is 3.79. The molecule has 1 aromatic carbocycles. The van der Waals surface area contributed by atoms with E-state index in [1.165, 1.54) is 17.4 Å². The maximum Gasteiger partial charge on any atom is 0.312 e. The first-order chi connectivity index (χ1) is 9.22. The molecule has 1 heterocycles. The highest BCUT2D eigenvalue weighted by Crippen LogP contribution is 2.30. The summed E-state index contributed by atoms with van der Waals surface area (Å²) in [5, 5.41) is 14.5. The standard InChI is InChI=1S/C15H15NO2S/c1-2-12(15(17)18)14(13-9-6-10-19-13)16-11-7-4-3-5-8-11/h2-10,12,14,16H,1H2,(H,17,18). The van der Waals surface area contributed by atoms with Crippen molar-refractivity contribution < 1.29 is 9.90 Å². The van der Waals surface area contributed by atoms with Crippen LogP contribution in [0.15, 0.2) is 60.5 Å². The lowest BCUT2D eigenvalue weighted by molar-refractivity contribution is -0.140. The van der Waals surface area contributed by atoms with E-state index in [2.05, 4.69) is 11.9 Å². The number of anilines is 1. The third-order valence-corrected chi connectivity index (χ3v) is 3.80. The molecule has 2 unspecified atom stereocenters. The molecule has 0 aliphatic carbocycles. The third-order valence-electron chi connectivity index (χ3n) is 2.84. The zero-order valence-corrected chi connectivity index (χ0v) is 11.1. The van der Waals surface area contributed by atoms with Crippen LogP contribution in [0.1, 0.15) is 10.9 Å². The Morgan fingerprint density at radius 1 is 1.26 bits per heavy atom. The number of benzene rings is 1. The van der Waals surface area contributed by atoms with Gasteiger partial charge >= 0.3 is 5.97 Å². The van der Waals surface area contributed by atoms with E-state index in [1.54, 1.807) is 0 Å². The maximum atomic E-state index is 11.4. The second kappa shape index (κ2) is 6.20. The molecule has 0 saturated heterocycles. The average molecular weight is 273 g/mol. The number of rotatable bonds is 6. The Labute approximate surface area is 116 Å². The summed E-state index contributed by atoms with van der Waals surface area (Å²) in [5.41, 5.74) is 0.897. The fourth-order valence-electron chi connectivity index (χ4n) is 1.90. The quantitative estimate of drug-likeness (QED) is 0.787. The molecule has 4 heteroatoms. The number of aliphatic carboxylic acids is 1. The molecule has 0 spiro atoms. The van der Waals surface area contributed by atoms with Crippen LogP contribution < -0.4 is 5.32 Å². The minimum atomic E-state index is -0.878. The van der Waals surface area contributed by atoms with Gasteiger partial charge in [-0.2, -0.15) is 0 Å². The van der Waals surface area contributed by atoms with Gasteiger partial charge in [0.2, 0.25) is 0 Å². The highest BCUT2D eigenvalue weighted by Gasteiger charge is 2.27. The molecule has 2 rings (SSSR count). The minimum absolute atomic E-state index is 0.308. The zero-order chi connectivity index (χ0) is 13.7. The molecule has 1 aromatic heterocycles. The summed E-state index contributed by atoms with van der Waals surface area (Å²) in [7, 11) is 0. The van der Waals surface area contributed by atoms with Gasteiger partial charge in [0, 0.05) is 10.6 Å². The average Bonchev–Trinajstić information content (AvgIpc) is 2.93. The Morgan fingerprint density at radius 2 is 2.00 bits per heavy atom. The van der Waals surface area contributed by atoms with Gasteiger partial charge < -0.3 is 10.4 Å². The molecule has 0 bridgehead atoms. The van der Waals surface area contributed by atoms with Crippen molar-refractivity contribution in [3.05, 3.63) is 65.4 Å². The summed E-state index contributed by atoms with van der Waals surface area (Å²) in [5.74, 6) is -1.55. The van der Waals surface area contributed by atoms with E-state index in [-0.39, 0.29) is 6.04 Å². The number of hydrogen-bond donors (Lipinski definition) is 2. The summed E-state index contributed by atoms with van der Waals surface area (Å²) < 4.78 is 0. The van der Waals surface area contributed by atoms with E-state index < -0.39 is 11.9 Å². The molecular weight excluding hydrogens is 258 g/mol. The molecule has 98 valence electrons. The second-order valence-corrected chi connectivity index (χ2v) is 5.08. The van der Waals surface area contributed by atoms with Crippen LogP contribution in [0.25, 0.3) is 0 Å². The van der Waals surface area contributed by atoms with Crippen LogP contribution in [0.2, 0.25) is 0 Å². The Hall–Kier alpha value is -2.07. The molecule has 3 nitrogen and oxygen atoms in total. The first-order valence-corrected chi connectivity index (χ1v) is 6.80.